The number of aromatic nitrogens is 2. The van der Waals surface area contributed by atoms with E-state index in [1.165, 1.54) is 0 Å². The maximum Gasteiger partial charge on any atom is 0.183 e. The molecule has 1 aromatic heterocycles. The fourth-order valence-electron chi connectivity index (χ4n) is 1.55. The molecule has 2 aromatic rings. The van der Waals surface area contributed by atoms with Crippen molar-refractivity contribution in [3.05, 3.63) is 39.9 Å². The average molecular weight is 282 g/mol. The van der Waals surface area contributed by atoms with Crippen molar-refractivity contribution >= 4 is 21.4 Å². The van der Waals surface area contributed by atoms with E-state index in [1.54, 1.807) is 19.1 Å². The van der Waals surface area contributed by atoms with Gasteiger partial charge in [-0.25, -0.2) is 8.42 Å². The molecule has 0 saturated carbocycles. The highest BCUT2D eigenvalue weighted by Gasteiger charge is 2.19. The summed E-state index contributed by atoms with van der Waals surface area (Å²) in [4.78, 5) is 1.06. The second-order valence-electron chi connectivity index (χ2n) is 4.29. The van der Waals surface area contributed by atoms with Crippen molar-refractivity contribution in [1.29, 1.82) is 0 Å². The van der Waals surface area contributed by atoms with Crippen LogP contribution in [0.3, 0.4) is 0 Å². The third kappa shape index (κ3) is 2.59. The van der Waals surface area contributed by atoms with Gasteiger partial charge in [0, 0.05) is 0 Å². The van der Waals surface area contributed by atoms with Crippen LogP contribution >= 0.6 is 11.5 Å². The normalized spacial score (nSPS) is 11.7. The minimum atomic E-state index is -3.31. The lowest BCUT2D eigenvalue weighted by atomic mass is 10.1. The smallest absolute Gasteiger partial charge is 0.183 e. The van der Waals surface area contributed by atoms with Crippen LogP contribution in [0.1, 0.15) is 21.7 Å². The summed E-state index contributed by atoms with van der Waals surface area (Å²) in [6.07, 6.45) is 0. The summed E-state index contributed by atoms with van der Waals surface area (Å²) >= 11 is 1.14. The molecule has 18 heavy (non-hydrogen) atoms. The molecule has 0 bridgehead atoms. The van der Waals surface area contributed by atoms with Crippen molar-refractivity contribution in [1.82, 2.24) is 9.59 Å². The number of aryl methyl sites for hydroxylation is 3. The molecule has 0 aliphatic carbocycles. The molecule has 0 N–H and O–H groups in total. The van der Waals surface area contributed by atoms with E-state index in [-0.39, 0.29) is 5.75 Å². The van der Waals surface area contributed by atoms with Crippen LogP contribution in [-0.2, 0) is 15.6 Å². The molecule has 0 spiro atoms. The number of rotatable bonds is 3. The van der Waals surface area contributed by atoms with Gasteiger partial charge in [0.25, 0.3) is 0 Å². The Morgan fingerprint density at radius 1 is 1.17 bits per heavy atom. The highest BCUT2D eigenvalue weighted by Crippen LogP contribution is 2.21. The van der Waals surface area contributed by atoms with Crippen LogP contribution in [0, 0.1) is 20.8 Å². The first-order valence-electron chi connectivity index (χ1n) is 5.48. The summed E-state index contributed by atoms with van der Waals surface area (Å²) in [7, 11) is -3.31. The first kappa shape index (κ1) is 13.2. The number of nitrogens with zero attached hydrogens (tertiary/aromatic N) is 2. The van der Waals surface area contributed by atoms with Gasteiger partial charge in [0.1, 0.15) is 0 Å². The van der Waals surface area contributed by atoms with Gasteiger partial charge < -0.3 is 0 Å². The zero-order valence-corrected chi connectivity index (χ0v) is 12.1. The van der Waals surface area contributed by atoms with Gasteiger partial charge >= 0.3 is 0 Å². The highest BCUT2D eigenvalue weighted by molar-refractivity contribution is 7.90. The third-order valence-electron chi connectivity index (χ3n) is 2.90. The van der Waals surface area contributed by atoms with Gasteiger partial charge in [-0.1, -0.05) is 10.6 Å². The Morgan fingerprint density at radius 3 is 2.44 bits per heavy atom. The molecule has 96 valence electrons. The summed E-state index contributed by atoms with van der Waals surface area (Å²) in [5.74, 6) is -0.0288. The fraction of sp³-hybridized carbons (Fsp3) is 0.333. The van der Waals surface area contributed by atoms with Crippen molar-refractivity contribution in [2.45, 2.75) is 31.4 Å². The minimum absolute atomic E-state index is 0.0288. The summed E-state index contributed by atoms with van der Waals surface area (Å²) in [5.41, 5.74) is 2.76. The number of sulfone groups is 1. The molecule has 6 heteroatoms. The molecular weight excluding hydrogens is 268 g/mol. The first-order valence-corrected chi connectivity index (χ1v) is 7.90. The van der Waals surface area contributed by atoms with Crippen LogP contribution in [0.25, 0.3) is 0 Å². The van der Waals surface area contributed by atoms with Gasteiger partial charge in [0.05, 0.1) is 21.2 Å². The van der Waals surface area contributed by atoms with Crippen LogP contribution in [-0.4, -0.2) is 18.0 Å². The van der Waals surface area contributed by atoms with Crippen LogP contribution in [0.15, 0.2) is 23.1 Å². The van der Waals surface area contributed by atoms with Gasteiger partial charge in [-0.15, -0.1) is 5.10 Å². The molecule has 0 saturated heterocycles. The van der Waals surface area contributed by atoms with E-state index >= 15 is 0 Å². The van der Waals surface area contributed by atoms with E-state index in [0.29, 0.717) is 15.5 Å². The summed E-state index contributed by atoms with van der Waals surface area (Å²) in [5, 5.41) is 3.83. The molecule has 1 heterocycles. The molecule has 4 nitrogen and oxygen atoms in total. The predicted octanol–water partition coefficient (Wildman–Crippen LogP) is 2.44. The topological polar surface area (TPSA) is 59.9 Å². The molecule has 0 radical (unpaired) electrons. The fourth-order valence-corrected chi connectivity index (χ4v) is 4.01. The second kappa shape index (κ2) is 4.78. The lowest BCUT2D eigenvalue weighted by molar-refractivity contribution is 0.595. The summed E-state index contributed by atoms with van der Waals surface area (Å²) in [6, 6.07) is 5.20. The van der Waals surface area contributed by atoms with E-state index in [0.717, 1.165) is 22.7 Å². The third-order valence-corrected chi connectivity index (χ3v) is 5.55. The highest BCUT2D eigenvalue weighted by atomic mass is 32.2. The zero-order chi connectivity index (χ0) is 13.3. The molecule has 0 fully saturated rings. The number of benzene rings is 1. The molecule has 0 aliphatic rings. The van der Waals surface area contributed by atoms with E-state index in [2.05, 4.69) is 9.59 Å². The van der Waals surface area contributed by atoms with Crippen LogP contribution in [0.4, 0.5) is 0 Å². The molecule has 2 rings (SSSR count). The SMILES string of the molecule is Cc1ccc(S(=O)(=O)Cc2snnc2C)cc1C. The maximum atomic E-state index is 12.3. The Hall–Kier alpha value is -1.27. The Kier molecular flexibility index (Phi) is 3.49. The predicted molar refractivity (Wildman–Crippen MR) is 71.5 cm³/mol. The van der Waals surface area contributed by atoms with Crippen LogP contribution in [0.2, 0.25) is 0 Å². The monoisotopic (exact) mass is 282 g/mol. The summed E-state index contributed by atoms with van der Waals surface area (Å²) < 4.78 is 28.3. The Labute approximate surface area is 111 Å². The first-order chi connectivity index (χ1) is 8.40. The molecular formula is C12H14N2O2S2. The van der Waals surface area contributed by atoms with Crippen LogP contribution in [0.5, 0.6) is 0 Å². The summed E-state index contributed by atoms with van der Waals surface area (Å²) in [6.45, 7) is 5.64. The van der Waals surface area contributed by atoms with Gasteiger partial charge in [-0.2, -0.15) is 0 Å². The van der Waals surface area contributed by atoms with Crippen molar-refractivity contribution < 1.29 is 8.42 Å². The van der Waals surface area contributed by atoms with Gasteiger partial charge in [-0.3, -0.25) is 0 Å². The Balaban J connectivity index is 2.37. The quantitative estimate of drug-likeness (QED) is 0.867. The maximum absolute atomic E-state index is 12.3. The number of hydrogen-bond donors (Lipinski definition) is 0. The Bertz CT molecular complexity index is 675. The van der Waals surface area contributed by atoms with E-state index in [1.807, 2.05) is 19.9 Å². The Morgan fingerprint density at radius 2 is 1.89 bits per heavy atom. The lowest BCUT2D eigenvalue weighted by Gasteiger charge is -2.06. The molecule has 0 atom stereocenters. The lowest BCUT2D eigenvalue weighted by Crippen LogP contribution is -2.05. The standard InChI is InChI=1S/C12H14N2O2S2/c1-8-4-5-11(6-9(8)2)18(15,16)7-12-10(3)13-14-17-12/h4-6H,7H2,1-3H3. The van der Waals surface area contributed by atoms with Gasteiger partial charge in [0.15, 0.2) is 9.84 Å². The second-order valence-corrected chi connectivity index (χ2v) is 7.11. The zero-order valence-electron chi connectivity index (χ0n) is 10.5. The van der Waals surface area contributed by atoms with E-state index < -0.39 is 9.84 Å². The largest absolute Gasteiger partial charge is 0.223 e. The van der Waals surface area contributed by atoms with Crippen molar-refractivity contribution in [3.8, 4) is 0 Å². The van der Waals surface area contributed by atoms with Gasteiger partial charge in [0.2, 0.25) is 0 Å². The van der Waals surface area contributed by atoms with E-state index in [4.69, 9.17) is 0 Å². The van der Waals surface area contributed by atoms with Crippen molar-refractivity contribution in [2.24, 2.45) is 0 Å². The average Bonchev–Trinajstić information content (AvgIpc) is 2.67. The molecule has 1 aromatic carbocycles. The van der Waals surface area contributed by atoms with Crippen LogP contribution < -0.4 is 0 Å². The van der Waals surface area contributed by atoms with E-state index in [9.17, 15) is 8.42 Å². The number of hydrogen-bond acceptors (Lipinski definition) is 5. The molecule has 0 unspecified atom stereocenters. The molecule has 0 amide bonds. The van der Waals surface area contributed by atoms with Crippen molar-refractivity contribution in [3.63, 3.8) is 0 Å². The minimum Gasteiger partial charge on any atom is -0.223 e. The van der Waals surface area contributed by atoms with Gasteiger partial charge in [-0.05, 0) is 55.6 Å². The van der Waals surface area contributed by atoms with Crippen molar-refractivity contribution in [2.75, 3.05) is 0 Å². The molecule has 0 aliphatic heterocycles.